The van der Waals surface area contributed by atoms with Crippen LogP contribution in [0.15, 0.2) is 30.3 Å². The minimum Gasteiger partial charge on any atom is -1.00 e. The zero-order chi connectivity index (χ0) is 13.0. The van der Waals surface area contributed by atoms with Crippen molar-refractivity contribution >= 4 is 17.7 Å². The lowest BCUT2D eigenvalue weighted by molar-refractivity contribution is -0.128. The predicted octanol–water partition coefficient (Wildman–Crippen LogP) is -0.784. The number of nitrogens with zero attached hydrogens (tertiary/aromatic N) is 2. The minimum absolute atomic E-state index is 0. The minimum atomic E-state index is 0. The standard InChI is InChI=1S/C14H20N2OS.ClH/c1-15(2)9-6-10-16-13(17)11-18-14(16)12-7-4-3-5-8-12;/h3-5,7-8,14H,6,9-11H2,1-2H3;1H/p-1. The van der Waals surface area contributed by atoms with E-state index in [2.05, 4.69) is 31.1 Å². The van der Waals surface area contributed by atoms with E-state index < -0.39 is 0 Å². The molecule has 1 aromatic rings. The van der Waals surface area contributed by atoms with Crippen molar-refractivity contribution in [2.45, 2.75) is 11.8 Å². The molecule has 0 radical (unpaired) electrons. The third kappa shape index (κ3) is 4.41. The molecule has 0 bridgehead atoms. The van der Waals surface area contributed by atoms with Gasteiger partial charge in [0.25, 0.3) is 0 Å². The molecule has 2 rings (SSSR count). The molecule has 0 saturated carbocycles. The molecule has 3 nitrogen and oxygen atoms in total. The first-order valence-corrected chi connectivity index (χ1v) is 7.34. The number of carbonyl (C=O) groups is 1. The van der Waals surface area contributed by atoms with E-state index in [4.69, 9.17) is 0 Å². The van der Waals surface area contributed by atoms with E-state index in [9.17, 15) is 4.79 Å². The first-order chi connectivity index (χ1) is 8.68. The molecule has 1 atom stereocenters. The second kappa shape index (κ2) is 7.78. The molecule has 5 heteroatoms. The third-order valence-corrected chi connectivity index (χ3v) is 4.31. The highest BCUT2D eigenvalue weighted by Crippen LogP contribution is 2.38. The average molecular weight is 300 g/mol. The summed E-state index contributed by atoms with van der Waals surface area (Å²) in [6.45, 7) is 1.87. The summed E-state index contributed by atoms with van der Waals surface area (Å²) in [5, 5.41) is 0.209. The summed E-state index contributed by atoms with van der Waals surface area (Å²) in [6.07, 6.45) is 1.03. The number of carbonyl (C=O) groups excluding carboxylic acids is 1. The lowest BCUT2D eigenvalue weighted by Gasteiger charge is -2.24. The van der Waals surface area contributed by atoms with Crippen molar-refractivity contribution in [3.8, 4) is 0 Å². The van der Waals surface area contributed by atoms with Crippen LogP contribution in [0.4, 0.5) is 0 Å². The Morgan fingerprint density at radius 2 is 2.00 bits per heavy atom. The Labute approximate surface area is 125 Å². The van der Waals surface area contributed by atoms with Crippen LogP contribution in [0.2, 0.25) is 0 Å². The van der Waals surface area contributed by atoms with Crippen molar-refractivity contribution < 1.29 is 17.2 Å². The van der Waals surface area contributed by atoms with Crippen LogP contribution in [-0.2, 0) is 4.79 Å². The summed E-state index contributed by atoms with van der Waals surface area (Å²) in [5.74, 6) is 0.884. The number of hydrogen-bond donors (Lipinski definition) is 0. The van der Waals surface area contributed by atoms with Crippen LogP contribution >= 0.6 is 11.8 Å². The summed E-state index contributed by atoms with van der Waals surface area (Å²) in [4.78, 5) is 16.1. The van der Waals surface area contributed by atoms with Gasteiger partial charge in [0, 0.05) is 6.54 Å². The van der Waals surface area contributed by atoms with Crippen LogP contribution in [0.1, 0.15) is 17.4 Å². The Morgan fingerprint density at radius 3 is 2.63 bits per heavy atom. The van der Waals surface area contributed by atoms with Gasteiger partial charge in [-0.25, -0.2) is 0 Å². The molecular formula is C14H20ClN2OS-. The molecule has 1 aliphatic rings. The first kappa shape index (κ1) is 16.3. The lowest BCUT2D eigenvalue weighted by Crippen LogP contribution is -3.00. The smallest absolute Gasteiger partial charge is 0.233 e. The van der Waals surface area contributed by atoms with E-state index in [1.54, 1.807) is 11.8 Å². The highest BCUT2D eigenvalue weighted by Gasteiger charge is 2.31. The Hall–Kier alpha value is -0.710. The summed E-state index contributed by atoms with van der Waals surface area (Å²) < 4.78 is 0. The normalized spacial score (nSPS) is 18.8. The molecule has 106 valence electrons. The maximum atomic E-state index is 11.9. The van der Waals surface area contributed by atoms with Gasteiger partial charge >= 0.3 is 0 Å². The molecule has 1 fully saturated rings. The summed E-state index contributed by atoms with van der Waals surface area (Å²) in [7, 11) is 4.13. The van der Waals surface area contributed by atoms with Gasteiger partial charge in [-0.05, 0) is 32.6 Å². The molecule has 0 N–H and O–H groups in total. The fourth-order valence-electron chi connectivity index (χ4n) is 2.15. The molecule has 0 aromatic heterocycles. The number of amides is 1. The quantitative estimate of drug-likeness (QED) is 0.712. The molecule has 1 heterocycles. The molecule has 1 aliphatic heterocycles. The van der Waals surface area contributed by atoms with Gasteiger partial charge in [0.2, 0.25) is 5.91 Å². The zero-order valence-electron chi connectivity index (χ0n) is 11.4. The number of hydrogen-bond acceptors (Lipinski definition) is 3. The fraction of sp³-hybridized carbons (Fsp3) is 0.500. The number of thioether (sulfide) groups is 1. The Balaban J connectivity index is 0.00000180. The van der Waals surface area contributed by atoms with Gasteiger partial charge in [0.1, 0.15) is 5.37 Å². The van der Waals surface area contributed by atoms with Crippen LogP contribution in [0.5, 0.6) is 0 Å². The van der Waals surface area contributed by atoms with Crippen LogP contribution < -0.4 is 12.4 Å². The maximum absolute atomic E-state index is 11.9. The summed E-state index contributed by atoms with van der Waals surface area (Å²) in [6, 6.07) is 10.3. The van der Waals surface area contributed by atoms with Gasteiger partial charge < -0.3 is 22.2 Å². The van der Waals surface area contributed by atoms with Gasteiger partial charge in [-0.1, -0.05) is 30.3 Å². The topological polar surface area (TPSA) is 23.6 Å². The van der Waals surface area contributed by atoms with Crippen LogP contribution in [0.25, 0.3) is 0 Å². The molecule has 19 heavy (non-hydrogen) atoms. The van der Waals surface area contributed by atoms with Crippen molar-refractivity contribution in [2.24, 2.45) is 0 Å². The van der Waals surface area contributed by atoms with Crippen molar-refractivity contribution in [3.63, 3.8) is 0 Å². The first-order valence-electron chi connectivity index (χ1n) is 6.29. The molecule has 1 unspecified atom stereocenters. The molecular weight excluding hydrogens is 280 g/mol. The van der Waals surface area contributed by atoms with E-state index in [1.165, 1.54) is 5.56 Å². The number of halogens is 1. The largest absolute Gasteiger partial charge is 1.00 e. The molecule has 1 aromatic carbocycles. The van der Waals surface area contributed by atoms with Crippen LogP contribution in [0.3, 0.4) is 0 Å². The lowest BCUT2D eigenvalue weighted by atomic mass is 10.2. The van der Waals surface area contributed by atoms with E-state index in [1.807, 2.05) is 23.1 Å². The molecule has 1 amide bonds. The van der Waals surface area contributed by atoms with E-state index in [0.29, 0.717) is 5.75 Å². The highest BCUT2D eigenvalue weighted by atomic mass is 35.5. The van der Waals surface area contributed by atoms with Gasteiger partial charge in [0.05, 0.1) is 5.75 Å². The van der Waals surface area contributed by atoms with Crippen LogP contribution in [-0.4, -0.2) is 48.6 Å². The molecule has 0 aliphatic carbocycles. The zero-order valence-corrected chi connectivity index (χ0v) is 13.0. The third-order valence-electron chi connectivity index (χ3n) is 3.06. The fourth-order valence-corrected chi connectivity index (χ4v) is 3.37. The highest BCUT2D eigenvalue weighted by molar-refractivity contribution is 8.00. The Kier molecular flexibility index (Phi) is 6.69. The van der Waals surface area contributed by atoms with Gasteiger partial charge in [0.15, 0.2) is 0 Å². The number of rotatable bonds is 5. The number of benzene rings is 1. The monoisotopic (exact) mass is 299 g/mol. The second-order valence-electron chi connectivity index (χ2n) is 4.82. The van der Waals surface area contributed by atoms with Crippen molar-refractivity contribution in [1.29, 1.82) is 0 Å². The van der Waals surface area contributed by atoms with Crippen molar-refractivity contribution in [3.05, 3.63) is 35.9 Å². The predicted molar refractivity (Wildman–Crippen MR) is 76.5 cm³/mol. The van der Waals surface area contributed by atoms with Crippen molar-refractivity contribution in [2.75, 3.05) is 32.9 Å². The van der Waals surface area contributed by atoms with Gasteiger partial charge in [-0.3, -0.25) is 4.79 Å². The SMILES string of the molecule is CN(C)CCCN1C(=O)CSC1c1ccccc1.[Cl-]. The summed E-state index contributed by atoms with van der Waals surface area (Å²) >= 11 is 1.73. The van der Waals surface area contributed by atoms with E-state index in [-0.39, 0.29) is 23.7 Å². The maximum Gasteiger partial charge on any atom is 0.233 e. The summed E-state index contributed by atoms with van der Waals surface area (Å²) in [5.41, 5.74) is 1.23. The van der Waals surface area contributed by atoms with Gasteiger partial charge in [-0.2, -0.15) is 0 Å². The Morgan fingerprint density at radius 1 is 1.32 bits per heavy atom. The average Bonchev–Trinajstić information content (AvgIpc) is 2.72. The molecule has 0 spiro atoms. The van der Waals surface area contributed by atoms with Crippen LogP contribution in [0, 0.1) is 0 Å². The van der Waals surface area contributed by atoms with Crippen molar-refractivity contribution in [1.82, 2.24) is 9.80 Å². The van der Waals surface area contributed by atoms with Gasteiger partial charge in [-0.15, -0.1) is 11.8 Å². The van der Waals surface area contributed by atoms with E-state index in [0.717, 1.165) is 19.5 Å². The van der Waals surface area contributed by atoms with E-state index >= 15 is 0 Å². The molecule has 1 saturated heterocycles. The second-order valence-corrected chi connectivity index (χ2v) is 5.89. The Bertz CT molecular complexity index is 400.